The second-order valence-electron chi connectivity index (χ2n) is 10.7. The second kappa shape index (κ2) is 11.6. The van der Waals surface area contributed by atoms with Crippen molar-refractivity contribution in [1.82, 2.24) is 4.98 Å². The number of ether oxygens (including phenoxy) is 1. The summed E-state index contributed by atoms with van der Waals surface area (Å²) < 4.78 is 50.8. The summed E-state index contributed by atoms with van der Waals surface area (Å²) in [5.74, 6) is -3.50. The van der Waals surface area contributed by atoms with Crippen LogP contribution in [0, 0.1) is 22.9 Å². The molecule has 0 bridgehead atoms. The number of benzene rings is 3. The highest BCUT2D eigenvalue weighted by Crippen LogP contribution is 2.42. The van der Waals surface area contributed by atoms with Gasteiger partial charge < -0.3 is 19.6 Å². The van der Waals surface area contributed by atoms with Gasteiger partial charge >= 0.3 is 5.97 Å². The molecule has 1 aromatic heterocycles. The first-order chi connectivity index (χ1) is 20.0. The Hall–Kier alpha value is -4.25. The van der Waals surface area contributed by atoms with Gasteiger partial charge in [0.1, 0.15) is 11.6 Å². The molecule has 0 saturated heterocycles. The topological polar surface area (TPSA) is 83.0 Å². The van der Waals surface area contributed by atoms with E-state index in [1.165, 1.54) is 62.0 Å². The Labute approximate surface area is 244 Å². The first-order valence-corrected chi connectivity index (χ1v) is 14.1. The minimum Gasteiger partial charge on any atom is -0.494 e. The van der Waals surface area contributed by atoms with Gasteiger partial charge in [0.05, 0.1) is 48.7 Å². The second-order valence-corrected chi connectivity index (χ2v) is 11.7. The summed E-state index contributed by atoms with van der Waals surface area (Å²) in [6, 6.07) is 14.5. The molecule has 3 aromatic carbocycles. The summed E-state index contributed by atoms with van der Waals surface area (Å²) in [4.78, 5) is 33.0. The fourth-order valence-electron chi connectivity index (χ4n) is 4.87. The number of aromatic nitrogens is 1. The average Bonchev–Trinajstić information content (AvgIpc) is 2.95. The first-order valence-electron chi connectivity index (χ1n) is 13.1. The lowest BCUT2D eigenvalue weighted by Gasteiger charge is -2.40. The Morgan fingerprint density at radius 3 is 2.40 bits per heavy atom. The SMILES string of the molecule is COc1cc2ncc3c(c2cc1F)N(Cc1c(F)cc(SCc2ccccc2)cc1F)C(=O)CN3CC(C)(C)C(=O)O. The quantitative estimate of drug-likeness (QED) is 0.224. The maximum atomic E-state index is 15.4. The van der Waals surface area contributed by atoms with Gasteiger partial charge in [0.15, 0.2) is 11.6 Å². The van der Waals surface area contributed by atoms with Gasteiger partial charge in [0, 0.05) is 34.2 Å². The van der Waals surface area contributed by atoms with Gasteiger partial charge in [-0.2, -0.15) is 0 Å². The number of nitrogens with zero attached hydrogens (tertiary/aromatic N) is 3. The van der Waals surface area contributed by atoms with Crippen LogP contribution in [0.15, 0.2) is 65.7 Å². The van der Waals surface area contributed by atoms with E-state index >= 15 is 8.78 Å². The Bertz CT molecular complexity index is 1660. The van der Waals surface area contributed by atoms with E-state index in [1.54, 1.807) is 4.90 Å². The van der Waals surface area contributed by atoms with Gasteiger partial charge in [-0.1, -0.05) is 30.3 Å². The van der Waals surface area contributed by atoms with Crippen molar-refractivity contribution < 1.29 is 32.6 Å². The van der Waals surface area contributed by atoms with Crippen LogP contribution in [0.4, 0.5) is 24.5 Å². The number of carboxylic acid groups (broad SMARTS) is 1. The molecule has 0 saturated carbocycles. The standard InChI is InChI=1S/C31H28F3N3O4S/c1-31(2,30(39)40)17-36-15-28(38)37(29-20-11-24(34)27(41-3)12-25(20)35-13-26(29)36)14-21-22(32)9-19(10-23(21)33)42-16-18-7-5-4-6-8-18/h4-13H,14-17H2,1-3H3,(H,39,40). The van der Waals surface area contributed by atoms with E-state index in [4.69, 9.17) is 4.74 Å². The fraction of sp³-hybridized carbons (Fsp3) is 0.258. The van der Waals surface area contributed by atoms with E-state index in [2.05, 4.69) is 4.98 Å². The molecule has 0 unspecified atom stereocenters. The molecule has 1 N–H and O–H groups in total. The van der Waals surface area contributed by atoms with E-state index < -0.39 is 41.3 Å². The number of hydrogen-bond donors (Lipinski definition) is 1. The van der Waals surface area contributed by atoms with Crippen molar-refractivity contribution in [3.8, 4) is 5.75 Å². The number of anilines is 2. The molecule has 0 aliphatic carbocycles. The summed E-state index contributed by atoms with van der Waals surface area (Å²) in [7, 11) is 1.31. The third kappa shape index (κ3) is 5.74. The fourth-order valence-corrected chi connectivity index (χ4v) is 5.76. The maximum Gasteiger partial charge on any atom is 0.310 e. The minimum atomic E-state index is -1.24. The first kappa shape index (κ1) is 29.2. The van der Waals surface area contributed by atoms with Gasteiger partial charge in [-0.3, -0.25) is 14.6 Å². The predicted molar refractivity (Wildman–Crippen MR) is 155 cm³/mol. The molecule has 1 aliphatic rings. The van der Waals surface area contributed by atoms with E-state index in [0.29, 0.717) is 16.3 Å². The molecule has 42 heavy (non-hydrogen) atoms. The molecular formula is C31H28F3N3O4S. The molecule has 218 valence electrons. The van der Waals surface area contributed by atoms with Crippen molar-refractivity contribution in [3.05, 3.63) is 89.4 Å². The lowest BCUT2D eigenvalue weighted by molar-refractivity contribution is -0.146. The minimum absolute atomic E-state index is 0.0587. The summed E-state index contributed by atoms with van der Waals surface area (Å²) in [5.41, 5.74) is 0.250. The van der Waals surface area contributed by atoms with Gasteiger partial charge in [-0.05, 0) is 37.6 Å². The summed E-state index contributed by atoms with van der Waals surface area (Å²) >= 11 is 1.28. The van der Waals surface area contributed by atoms with Crippen LogP contribution in [0.25, 0.3) is 10.9 Å². The molecule has 0 atom stereocenters. The highest BCUT2D eigenvalue weighted by Gasteiger charge is 2.38. The van der Waals surface area contributed by atoms with E-state index in [0.717, 1.165) is 11.6 Å². The molecule has 0 radical (unpaired) electrons. The molecule has 0 spiro atoms. The van der Waals surface area contributed by atoms with Gasteiger partial charge in [0.25, 0.3) is 0 Å². The number of aliphatic carboxylic acids is 1. The number of carbonyl (C=O) groups is 2. The normalized spacial score (nSPS) is 13.4. The molecule has 5 rings (SSSR count). The zero-order chi connectivity index (χ0) is 30.2. The number of halogens is 3. The van der Waals surface area contributed by atoms with Crippen molar-refractivity contribution in [1.29, 1.82) is 0 Å². The summed E-state index contributed by atoms with van der Waals surface area (Å²) in [6.45, 7) is 2.26. The zero-order valence-electron chi connectivity index (χ0n) is 23.2. The maximum absolute atomic E-state index is 15.4. The van der Waals surface area contributed by atoms with Crippen LogP contribution in [0.2, 0.25) is 0 Å². The van der Waals surface area contributed by atoms with Gasteiger partial charge in [-0.15, -0.1) is 11.8 Å². The monoisotopic (exact) mass is 595 g/mol. The lowest BCUT2D eigenvalue weighted by atomic mass is 9.92. The van der Waals surface area contributed by atoms with Gasteiger partial charge in [-0.25, -0.2) is 13.2 Å². The molecule has 11 heteroatoms. The number of carboxylic acids is 1. The highest BCUT2D eigenvalue weighted by molar-refractivity contribution is 7.98. The van der Waals surface area contributed by atoms with Crippen molar-refractivity contribution in [2.75, 3.05) is 30.0 Å². The zero-order valence-corrected chi connectivity index (χ0v) is 24.0. The van der Waals surface area contributed by atoms with Crippen molar-refractivity contribution in [3.63, 3.8) is 0 Å². The Morgan fingerprint density at radius 1 is 1.07 bits per heavy atom. The van der Waals surface area contributed by atoms with E-state index in [9.17, 15) is 19.1 Å². The number of amides is 1. The number of fused-ring (bicyclic) bond motifs is 3. The average molecular weight is 596 g/mol. The third-order valence-corrected chi connectivity index (χ3v) is 8.22. The molecule has 2 heterocycles. The lowest BCUT2D eigenvalue weighted by Crippen LogP contribution is -2.49. The Morgan fingerprint density at radius 2 is 1.76 bits per heavy atom. The van der Waals surface area contributed by atoms with Crippen LogP contribution in [-0.4, -0.2) is 42.2 Å². The van der Waals surface area contributed by atoms with Crippen LogP contribution < -0.4 is 14.5 Å². The molecule has 4 aromatic rings. The number of hydrogen-bond acceptors (Lipinski definition) is 6. The van der Waals surface area contributed by atoms with Crippen LogP contribution >= 0.6 is 11.8 Å². The molecule has 1 aliphatic heterocycles. The van der Waals surface area contributed by atoms with Crippen molar-refractivity contribution in [2.24, 2.45) is 5.41 Å². The third-order valence-electron chi connectivity index (χ3n) is 7.18. The number of carbonyl (C=O) groups excluding carboxylic acids is 1. The van der Waals surface area contributed by atoms with Crippen LogP contribution in [0.3, 0.4) is 0 Å². The highest BCUT2D eigenvalue weighted by atomic mass is 32.2. The number of methoxy groups -OCH3 is 1. The van der Waals surface area contributed by atoms with Crippen LogP contribution in [-0.2, 0) is 21.9 Å². The Balaban J connectivity index is 1.55. The van der Waals surface area contributed by atoms with Crippen LogP contribution in [0.5, 0.6) is 5.75 Å². The van der Waals surface area contributed by atoms with Crippen molar-refractivity contribution >= 4 is 45.9 Å². The Kier molecular flexibility index (Phi) is 8.05. The number of rotatable bonds is 9. The van der Waals surface area contributed by atoms with Gasteiger partial charge in [0.2, 0.25) is 5.91 Å². The molecular weight excluding hydrogens is 567 g/mol. The molecule has 0 fully saturated rings. The largest absolute Gasteiger partial charge is 0.494 e. The number of pyridine rings is 1. The number of thioether (sulfide) groups is 1. The summed E-state index contributed by atoms with van der Waals surface area (Å²) in [6.07, 6.45) is 1.45. The molecule has 1 amide bonds. The predicted octanol–water partition coefficient (Wildman–Crippen LogP) is 6.42. The van der Waals surface area contributed by atoms with E-state index in [1.807, 2.05) is 30.3 Å². The molecule has 7 nitrogen and oxygen atoms in total. The smallest absolute Gasteiger partial charge is 0.310 e. The van der Waals surface area contributed by atoms with Crippen molar-refractivity contribution in [2.45, 2.75) is 31.0 Å². The summed E-state index contributed by atoms with van der Waals surface area (Å²) in [5, 5.41) is 9.91. The van der Waals surface area contributed by atoms with E-state index in [-0.39, 0.29) is 41.0 Å². The van der Waals surface area contributed by atoms with Crippen LogP contribution in [0.1, 0.15) is 25.0 Å².